The van der Waals surface area contributed by atoms with Crippen LogP contribution in [-0.2, 0) is 0 Å². The van der Waals surface area contributed by atoms with E-state index < -0.39 is 6.36 Å². The number of rotatable bonds is 9. The monoisotopic (exact) mass is 462 g/mol. The Morgan fingerprint density at radius 3 is 2.24 bits per heavy atom. The van der Waals surface area contributed by atoms with Gasteiger partial charge in [0.2, 0.25) is 5.95 Å². The van der Waals surface area contributed by atoms with Gasteiger partial charge >= 0.3 is 6.36 Å². The van der Waals surface area contributed by atoms with Gasteiger partial charge in [0.1, 0.15) is 23.1 Å². The fourth-order valence-electron chi connectivity index (χ4n) is 2.93. The minimum Gasteiger partial charge on any atom is -0.497 e. The lowest BCUT2D eigenvalue weighted by Gasteiger charge is -2.16. The molecule has 33 heavy (non-hydrogen) atoms. The van der Waals surface area contributed by atoms with Gasteiger partial charge in [-0.25, -0.2) is 4.98 Å². The van der Waals surface area contributed by atoms with Crippen LogP contribution in [0.4, 0.5) is 30.6 Å². The maximum absolute atomic E-state index is 12.7. The van der Waals surface area contributed by atoms with Crippen LogP contribution < -0.4 is 24.8 Å². The van der Waals surface area contributed by atoms with Crippen molar-refractivity contribution in [1.29, 1.82) is 0 Å². The molecule has 0 spiro atoms. The molecule has 2 N–H and O–H groups in total. The van der Waals surface area contributed by atoms with E-state index in [9.17, 15) is 13.2 Å². The van der Waals surface area contributed by atoms with Crippen molar-refractivity contribution in [2.24, 2.45) is 0 Å². The Kier molecular flexibility index (Phi) is 7.47. The highest BCUT2D eigenvalue weighted by molar-refractivity contribution is 5.69. The van der Waals surface area contributed by atoms with Crippen molar-refractivity contribution in [3.05, 3.63) is 48.5 Å². The molecule has 3 aromatic rings. The highest BCUT2D eigenvalue weighted by atomic mass is 19.4. The Morgan fingerprint density at radius 2 is 1.64 bits per heavy atom. The molecule has 0 aliphatic rings. The van der Waals surface area contributed by atoms with E-state index in [0.717, 1.165) is 6.42 Å². The summed E-state index contributed by atoms with van der Waals surface area (Å²) in [4.78, 5) is 9.00. The smallest absolute Gasteiger partial charge is 0.497 e. The molecule has 10 heteroatoms. The average molecular weight is 462 g/mol. The van der Waals surface area contributed by atoms with Crippen LogP contribution in [0.5, 0.6) is 17.2 Å². The van der Waals surface area contributed by atoms with E-state index in [-0.39, 0.29) is 11.8 Å². The number of hydrogen-bond acceptors (Lipinski definition) is 7. The zero-order valence-corrected chi connectivity index (χ0v) is 18.7. The molecule has 0 radical (unpaired) electrons. The number of benzene rings is 2. The molecule has 0 fully saturated rings. The standard InChI is InChI=1S/C23H25F3N4O3/c1-5-14(2)27-22-29-20(15-7-6-8-17(9-15)33-23(24,25)26)13-21(30-22)28-16-10-18(31-3)12-19(11-16)32-4/h6-14H,5H2,1-4H3,(H2,27,28,29,30)/t14-/m1/s1. The van der Waals surface area contributed by atoms with Crippen LogP contribution >= 0.6 is 0 Å². The average Bonchev–Trinajstić information content (AvgIpc) is 2.77. The van der Waals surface area contributed by atoms with Gasteiger partial charge in [-0.3, -0.25) is 0 Å². The molecule has 0 bridgehead atoms. The second kappa shape index (κ2) is 10.3. The Balaban J connectivity index is 2.01. The van der Waals surface area contributed by atoms with Gasteiger partial charge in [-0.2, -0.15) is 4.98 Å². The number of nitrogens with zero attached hydrogens (tertiary/aromatic N) is 2. The lowest BCUT2D eigenvalue weighted by Crippen LogP contribution is -2.17. The first-order valence-corrected chi connectivity index (χ1v) is 10.2. The fourth-order valence-corrected chi connectivity index (χ4v) is 2.93. The zero-order chi connectivity index (χ0) is 24.0. The number of nitrogens with one attached hydrogen (secondary N) is 2. The number of hydrogen-bond donors (Lipinski definition) is 2. The van der Waals surface area contributed by atoms with Crippen LogP contribution in [0.1, 0.15) is 20.3 Å². The van der Waals surface area contributed by atoms with E-state index in [2.05, 4.69) is 25.3 Å². The Labute approximate surface area is 189 Å². The minimum atomic E-state index is -4.79. The lowest BCUT2D eigenvalue weighted by atomic mass is 10.1. The maximum atomic E-state index is 12.7. The predicted molar refractivity (Wildman–Crippen MR) is 120 cm³/mol. The largest absolute Gasteiger partial charge is 0.573 e. The highest BCUT2D eigenvalue weighted by Gasteiger charge is 2.31. The number of halogens is 3. The van der Waals surface area contributed by atoms with Crippen molar-refractivity contribution < 1.29 is 27.4 Å². The topological polar surface area (TPSA) is 77.5 Å². The molecule has 1 heterocycles. The van der Waals surface area contributed by atoms with Crippen LogP contribution in [0.25, 0.3) is 11.3 Å². The predicted octanol–water partition coefficient (Wildman–Crippen LogP) is 6.01. The fraction of sp³-hybridized carbons (Fsp3) is 0.304. The molecule has 0 saturated carbocycles. The summed E-state index contributed by atoms with van der Waals surface area (Å²) in [7, 11) is 3.09. The highest BCUT2D eigenvalue weighted by Crippen LogP contribution is 2.31. The van der Waals surface area contributed by atoms with Crippen LogP contribution in [-0.4, -0.2) is 36.6 Å². The number of alkyl halides is 3. The number of aromatic nitrogens is 2. The number of methoxy groups -OCH3 is 2. The molecule has 0 saturated heterocycles. The van der Waals surface area contributed by atoms with Gasteiger partial charge in [0.25, 0.3) is 0 Å². The van der Waals surface area contributed by atoms with Gasteiger partial charge in [0.05, 0.1) is 19.9 Å². The Morgan fingerprint density at radius 1 is 0.939 bits per heavy atom. The summed E-state index contributed by atoms with van der Waals surface area (Å²) in [5.74, 6) is 1.61. The van der Waals surface area contributed by atoms with Gasteiger partial charge < -0.3 is 24.8 Å². The Hall–Kier alpha value is -3.69. The quantitative estimate of drug-likeness (QED) is 0.403. The van der Waals surface area contributed by atoms with Crippen molar-refractivity contribution in [2.75, 3.05) is 24.9 Å². The molecule has 3 rings (SSSR count). The Bertz CT molecular complexity index is 1070. The lowest BCUT2D eigenvalue weighted by molar-refractivity contribution is -0.274. The second-order valence-electron chi connectivity index (χ2n) is 7.22. The molecular formula is C23H25F3N4O3. The molecule has 1 atom stereocenters. The molecule has 1 aromatic heterocycles. The van der Waals surface area contributed by atoms with Crippen molar-refractivity contribution in [3.63, 3.8) is 0 Å². The first-order valence-electron chi connectivity index (χ1n) is 10.2. The summed E-state index contributed by atoms with van der Waals surface area (Å²) in [6.07, 6.45) is -3.95. The molecule has 0 aliphatic heterocycles. The van der Waals surface area contributed by atoms with Crippen LogP contribution in [0.3, 0.4) is 0 Å². The molecule has 0 unspecified atom stereocenters. The molecule has 0 amide bonds. The van der Waals surface area contributed by atoms with Crippen molar-refractivity contribution in [1.82, 2.24) is 9.97 Å². The van der Waals surface area contributed by atoms with E-state index >= 15 is 0 Å². The van der Waals surface area contributed by atoms with Crippen molar-refractivity contribution in [3.8, 4) is 28.5 Å². The third kappa shape index (κ3) is 6.90. The molecule has 0 aliphatic carbocycles. The summed E-state index contributed by atoms with van der Waals surface area (Å²) in [5.41, 5.74) is 1.51. The first-order chi connectivity index (χ1) is 15.7. The summed E-state index contributed by atoms with van der Waals surface area (Å²) < 4.78 is 52.6. The third-order valence-corrected chi connectivity index (χ3v) is 4.70. The van der Waals surface area contributed by atoms with Crippen molar-refractivity contribution in [2.45, 2.75) is 32.7 Å². The van der Waals surface area contributed by atoms with E-state index in [1.807, 2.05) is 13.8 Å². The second-order valence-corrected chi connectivity index (χ2v) is 7.22. The van der Waals surface area contributed by atoms with Gasteiger partial charge in [-0.15, -0.1) is 13.2 Å². The maximum Gasteiger partial charge on any atom is 0.573 e. The van der Waals surface area contributed by atoms with E-state index in [0.29, 0.717) is 40.2 Å². The zero-order valence-electron chi connectivity index (χ0n) is 18.7. The summed E-state index contributed by atoms with van der Waals surface area (Å²) >= 11 is 0. The van der Waals surface area contributed by atoms with Gasteiger partial charge in [0.15, 0.2) is 0 Å². The van der Waals surface area contributed by atoms with E-state index in [1.54, 1.807) is 44.6 Å². The van der Waals surface area contributed by atoms with Crippen molar-refractivity contribution >= 4 is 17.5 Å². The molecular weight excluding hydrogens is 437 g/mol. The summed E-state index contributed by atoms with van der Waals surface area (Å²) in [6.45, 7) is 4.00. The first kappa shape index (κ1) is 24.0. The van der Waals surface area contributed by atoms with E-state index in [4.69, 9.17) is 9.47 Å². The van der Waals surface area contributed by atoms with Crippen LogP contribution in [0.15, 0.2) is 48.5 Å². The molecule has 2 aromatic carbocycles. The SMILES string of the molecule is CC[C@@H](C)Nc1nc(Nc2cc(OC)cc(OC)c2)cc(-c2cccc(OC(F)(F)F)c2)n1. The van der Waals surface area contributed by atoms with Gasteiger partial charge in [0, 0.05) is 41.6 Å². The number of anilines is 3. The normalized spacial score (nSPS) is 12.1. The summed E-state index contributed by atoms with van der Waals surface area (Å²) in [5, 5.41) is 6.39. The van der Waals surface area contributed by atoms with Gasteiger partial charge in [-0.1, -0.05) is 19.1 Å². The third-order valence-electron chi connectivity index (χ3n) is 4.70. The van der Waals surface area contributed by atoms with Crippen LogP contribution in [0.2, 0.25) is 0 Å². The van der Waals surface area contributed by atoms with Gasteiger partial charge in [-0.05, 0) is 25.5 Å². The summed E-state index contributed by atoms with van der Waals surface area (Å²) in [6, 6.07) is 12.6. The van der Waals surface area contributed by atoms with Crippen LogP contribution in [0, 0.1) is 0 Å². The minimum absolute atomic E-state index is 0.0879. The molecule has 176 valence electrons. The van der Waals surface area contributed by atoms with E-state index in [1.165, 1.54) is 18.2 Å². The number of ether oxygens (including phenoxy) is 3. The molecule has 7 nitrogen and oxygen atoms in total.